The lowest BCUT2D eigenvalue weighted by Gasteiger charge is -2.10. The van der Waals surface area contributed by atoms with E-state index in [0.29, 0.717) is 27.2 Å². The number of hydrogen-bond acceptors (Lipinski definition) is 3. The topological polar surface area (TPSA) is 47.6 Å². The highest BCUT2D eigenvalue weighted by molar-refractivity contribution is 6.35. The summed E-state index contributed by atoms with van der Waals surface area (Å²) in [7, 11) is 0. The molecule has 144 valence electrons. The predicted molar refractivity (Wildman–Crippen MR) is 113 cm³/mol. The van der Waals surface area contributed by atoms with Crippen molar-refractivity contribution in [1.82, 2.24) is 0 Å². The summed E-state index contributed by atoms with van der Waals surface area (Å²) in [5, 5.41) is 3.59. The number of amides is 1. The van der Waals surface area contributed by atoms with Crippen LogP contribution in [0.5, 0.6) is 17.2 Å². The molecular formula is C22H19Cl2NO3. The number of halogens is 2. The number of carbonyl (C=O) groups is 1. The number of aryl methyl sites for hydroxylation is 2. The fourth-order valence-corrected chi connectivity index (χ4v) is 3.23. The molecule has 0 aliphatic heterocycles. The number of carbonyl (C=O) groups excluding carboxylic acids is 1. The largest absolute Gasteiger partial charge is 0.484 e. The summed E-state index contributed by atoms with van der Waals surface area (Å²) in [4.78, 5) is 12.0. The van der Waals surface area contributed by atoms with Crippen LogP contribution in [0.3, 0.4) is 0 Å². The monoisotopic (exact) mass is 415 g/mol. The molecule has 0 atom stereocenters. The highest BCUT2D eigenvalue weighted by Gasteiger charge is 2.06. The summed E-state index contributed by atoms with van der Waals surface area (Å²) < 4.78 is 11.4. The van der Waals surface area contributed by atoms with Crippen LogP contribution >= 0.6 is 23.2 Å². The Bertz CT molecular complexity index is 947. The lowest BCUT2D eigenvalue weighted by atomic mass is 10.1. The summed E-state index contributed by atoms with van der Waals surface area (Å²) in [5.41, 5.74) is 2.80. The quantitative estimate of drug-likeness (QED) is 0.505. The Morgan fingerprint density at radius 1 is 0.821 bits per heavy atom. The number of nitrogens with one attached hydrogen (secondary N) is 1. The Kier molecular flexibility index (Phi) is 6.45. The molecule has 0 aliphatic rings. The second-order valence-electron chi connectivity index (χ2n) is 6.39. The van der Waals surface area contributed by atoms with E-state index >= 15 is 0 Å². The van der Waals surface area contributed by atoms with Gasteiger partial charge >= 0.3 is 0 Å². The van der Waals surface area contributed by atoms with Crippen LogP contribution in [0.4, 0.5) is 5.69 Å². The maximum atomic E-state index is 12.0. The molecule has 4 nitrogen and oxygen atoms in total. The van der Waals surface area contributed by atoms with Gasteiger partial charge in [-0.05, 0) is 79.6 Å². The van der Waals surface area contributed by atoms with Crippen LogP contribution in [0.2, 0.25) is 10.0 Å². The van der Waals surface area contributed by atoms with Gasteiger partial charge in [0.2, 0.25) is 0 Å². The van der Waals surface area contributed by atoms with Crippen LogP contribution in [0.25, 0.3) is 0 Å². The number of anilines is 1. The number of hydrogen-bond donors (Lipinski definition) is 1. The molecular weight excluding hydrogens is 397 g/mol. The van der Waals surface area contributed by atoms with Crippen LogP contribution in [-0.2, 0) is 4.79 Å². The second kappa shape index (κ2) is 9.00. The standard InChI is InChI=1S/C22H19Cl2NO3/c1-14-7-15(2)9-21(8-14)28-20-5-3-19(4-6-20)27-13-22(26)25-18-11-16(23)10-17(24)12-18/h3-12H,13H2,1-2H3,(H,25,26). The van der Waals surface area contributed by atoms with Gasteiger partial charge in [0, 0.05) is 15.7 Å². The van der Waals surface area contributed by atoms with E-state index in [-0.39, 0.29) is 12.5 Å². The van der Waals surface area contributed by atoms with E-state index in [1.165, 1.54) is 0 Å². The van der Waals surface area contributed by atoms with Gasteiger partial charge in [0.1, 0.15) is 17.2 Å². The number of benzene rings is 3. The molecule has 1 amide bonds. The van der Waals surface area contributed by atoms with E-state index in [1.54, 1.807) is 42.5 Å². The molecule has 0 aliphatic carbocycles. The van der Waals surface area contributed by atoms with Gasteiger partial charge in [0.15, 0.2) is 6.61 Å². The molecule has 3 rings (SSSR count). The Hall–Kier alpha value is -2.69. The highest BCUT2D eigenvalue weighted by atomic mass is 35.5. The molecule has 1 N–H and O–H groups in total. The van der Waals surface area contributed by atoms with Crippen molar-refractivity contribution in [3.05, 3.63) is 81.8 Å². The van der Waals surface area contributed by atoms with Crippen molar-refractivity contribution < 1.29 is 14.3 Å². The van der Waals surface area contributed by atoms with E-state index in [0.717, 1.165) is 16.9 Å². The van der Waals surface area contributed by atoms with Crippen molar-refractivity contribution in [3.8, 4) is 17.2 Å². The number of rotatable bonds is 6. The third kappa shape index (κ3) is 5.91. The summed E-state index contributed by atoms with van der Waals surface area (Å²) in [6, 6.07) is 18.0. The first-order valence-electron chi connectivity index (χ1n) is 8.62. The molecule has 0 fully saturated rings. The van der Waals surface area contributed by atoms with Crippen LogP contribution in [0, 0.1) is 13.8 Å². The third-order valence-electron chi connectivity index (χ3n) is 3.77. The molecule has 28 heavy (non-hydrogen) atoms. The summed E-state index contributed by atoms with van der Waals surface area (Å²) in [6.07, 6.45) is 0. The minimum absolute atomic E-state index is 0.137. The van der Waals surface area contributed by atoms with E-state index in [9.17, 15) is 4.79 Å². The first-order chi connectivity index (χ1) is 13.4. The molecule has 0 radical (unpaired) electrons. The highest BCUT2D eigenvalue weighted by Crippen LogP contribution is 2.26. The molecule has 3 aromatic carbocycles. The maximum Gasteiger partial charge on any atom is 0.262 e. The Balaban J connectivity index is 1.54. The molecule has 3 aromatic rings. The van der Waals surface area contributed by atoms with Gasteiger partial charge in [0.05, 0.1) is 0 Å². The molecule has 0 unspecified atom stereocenters. The number of ether oxygens (including phenoxy) is 2. The van der Waals surface area contributed by atoms with E-state index in [4.69, 9.17) is 32.7 Å². The van der Waals surface area contributed by atoms with Gasteiger partial charge < -0.3 is 14.8 Å². The Morgan fingerprint density at radius 3 is 2.00 bits per heavy atom. The summed E-state index contributed by atoms with van der Waals surface area (Å²) >= 11 is 11.8. The van der Waals surface area contributed by atoms with Crippen molar-refractivity contribution in [3.63, 3.8) is 0 Å². The van der Waals surface area contributed by atoms with Gasteiger partial charge in [-0.2, -0.15) is 0 Å². The van der Waals surface area contributed by atoms with Gasteiger partial charge in [-0.15, -0.1) is 0 Å². The zero-order valence-corrected chi connectivity index (χ0v) is 17.0. The van der Waals surface area contributed by atoms with Gasteiger partial charge in [-0.3, -0.25) is 4.79 Å². The zero-order valence-electron chi connectivity index (χ0n) is 15.5. The first-order valence-corrected chi connectivity index (χ1v) is 9.38. The molecule has 0 heterocycles. The van der Waals surface area contributed by atoms with Gasteiger partial charge in [-0.25, -0.2) is 0 Å². The zero-order chi connectivity index (χ0) is 20.1. The van der Waals surface area contributed by atoms with Crippen molar-refractivity contribution in [1.29, 1.82) is 0 Å². The summed E-state index contributed by atoms with van der Waals surface area (Å²) in [5.74, 6) is 1.72. The third-order valence-corrected chi connectivity index (χ3v) is 4.21. The molecule has 0 spiro atoms. The minimum atomic E-state index is -0.311. The smallest absolute Gasteiger partial charge is 0.262 e. The van der Waals surface area contributed by atoms with Crippen LogP contribution in [0.15, 0.2) is 60.7 Å². The SMILES string of the molecule is Cc1cc(C)cc(Oc2ccc(OCC(=O)Nc3cc(Cl)cc(Cl)c3)cc2)c1. The van der Waals surface area contributed by atoms with Gasteiger partial charge in [0.25, 0.3) is 5.91 Å². The van der Waals surface area contributed by atoms with E-state index < -0.39 is 0 Å². The molecule has 6 heteroatoms. The van der Waals surface area contributed by atoms with Crippen LogP contribution < -0.4 is 14.8 Å². The second-order valence-corrected chi connectivity index (χ2v) is 7.26. The Morgan fingerprint density at radius 2 is 1.39 bits per heavy atom. The van der Waals surface area contributed by atoms with Crippen molar-refractivity contribution in [2.45, 2.75) is 13.8 Å². The molecule has 0 bridgehead atoms. The average molecular weight is 416 g/mol. The average Bonchev–Trinajstić information content (AvgIpc) is 2.59. The van der Waals surface area contributed by atoms with E-state index in [1.807, 2.05) is 26.0 Å². The van der Waals surface area contributed by atoms with Crippen LogP contribution in [0.1, 0.15) is 11.1 Å². The predicted octanol–water partition coefficient (Wildman–Crippen LogP) is 6.42. The molecule has 0 saturated heterocycles. The fourth-order valence-electron chi connectivity index (χ4n) is 2.70. The maximum absolute atomic E-state index is 12.0. The Labute approximate surface area is 174 Å². The minimum Gasteiger partial charge on any atom is -0.484 e. The van der Waals surface area contributed by atoms with Gasteiger partial charge in [-0.1, -0.05) is 29.3 Å². The van der Waals surface area contributed by atoms with E-state index in [2.05, 4.69) is 11.4 Å². The van der Waals surface area contributed by atoms with Crippen LogP contribution in [-0.4, -0.2) is 12.5 Å². The lowest BCUT2D eigenvalue weighted by molar-refractivity contribution is -0.118. The first kappa shape index (κ1) is 20.1. The fraction of sp³-hybridized carbons (Fsp3) is 0.136. The van der Waals surface area contributed by atoms with Crippen molar-refractivity contribution in [2.24, 2.45) is 0 Å². The summed E-state index contributed by atoms with van der Waals surface area (Å²) in [6.45, 7) is 3.92. The van der Waals surface area contributed by atoms with Crippen molar-refractivity contribution >= 4 is 34.8 Å². The van der Waals surface area contributed by atoms with Crippen molar-refractivity contribution in [2.75, 3.05) is 11.9 Å². The normalized spacial score (nSPS) is 10.4. The molecule has 0 saturated carbocycles. The lowest BCUT2D eigenvalue weighted by Crippen LogP contribution is -2.20. The molecule has 0 aromatic heterocycles.